The van der Waals surface area contributed by atoms with Crippen LogP contribution in [0.1, 0.15) is 101 Å². The van der Waals surface area contributed by atoms with Gasteiger partial charge in [-0.05, 0) is 73.7 Å². The van der Waals surface area contributed by atoms with Crippen LogP contribution in [0.15, 0.2) is 73.3 Å². The summed E-state index contributed by atoms with van der Waals surface area (Å²) in [5.74, 6) is 0.425. The molecule has 0 amide bonds. The quantitative estimate of drug-likeness (QED) is 0.0243. The SMILES string of the molecule is C.C1CO1.C=CCCCCC(CCO)c1ccccc1.CO.O=C(O)CS.O=C(O)CSCCCCCCC(CCO)c1ccccc1.[CH3-].[Li+]. The monoisotopic (exact) mass is 734 g/mol. The molecule has 1 heterocycles. The number of hydrogen-bond donors (Lipinski definition) is 6. The number of allylic oxidation sites excluding steroid dienone is 1. The number of carboxylic acid groups (broad SMARTS) is 2. The molecule has 0 aromatic heterocycles. The summed E-state index contributed by atoms with van der Waals surface area (Å²) in [7, 11) is 1.00. The molecular weight excluding hydrogens is 667 g/mol. The number of aliphatic hydroxyl groups is 3. The van der Waals surface area contributed by atoms with Crippen LogP contribution in [0, 0.1) is 7.43 Å². The summed E-state index contributed by atoms with van der Waals surface area (Å²) in [6.07, 6.45) is 14.1. The zero-order chi connectivity index (χ0) is 35.4. The summed E-state index contributed by atoms with van der Waals surface area (Å²) in [4.78, 5) is 19.7. The van der Waals surface area contributed by atoms with E-state index in [4.69, 9.17) is 20.4 Å². The third-order valence-electron chi connectivity index (χ3n) is 6.86. The fourth-order valence-corrected chi connectivity index (χ4v) is 5.23. The van der Waals surface area contributed by atoms with Crippen LogP contribution in [-0.2, 0) is 14.3 Å². The molecule has 3 rings (SSSR count). The largest absolute Gasteiger partial charge is 1.00 e. The number of unbranched alkanes of at least 4 members (excludes halogenated alkanes) is 5. The van der Waals surface area contributed by atoms with Gasteiger partial charge in [0.25, 0.3) is 0 Å². The first-order valence-corrected chi connectivity index (χ1v) is 18.2. The predicted molar refractivity (Wildman–Crippen MR) is 212 cm³/mol. The fraction of sp³-hybridized carbons (Fsp3) is 0.564. The molecule has 5 N–H and O–H groups in total. The summed E-state index contributed by atoms with van der Waals surface area (Å²) in [5.41, 5.74) is 2.68. The number of hydrogen-bond acceptors (Lipinski definition) is 8. The Kier molecular flexibility index (Phi) is 52.2. The second-order valence-corrected chi connectivity index (χ2v) is 12.0. The van der Waals surface area contributed by atoms with Gasteiger partial charge in [-0.2, -0.15) is 24.4 Å². The number of thioether (sulfide) groups is 1. The molecule has 2 atom stereocenters. The Morgan fingerprint density at radius 1 is 0.780 bits per heavy atom. The number of rotatable bonds is 21. The standard InChI is InChI=1S/C17H26O3S.C15H22O.C2H4O2S.C2H4O.CH4O.CH4.CH3.Li/c18-12-11-16(15-8-5-3-6-9-15)10-4-1-2-7-13-21-14-17(19)20;1-2-3-4-6-11-15(12-13-16)14-9-7-5-8-10-14;3-2(4)1-5;1-2-3-1;1-2;;;/h3,5-6,8-9,16,18H,1-2,4,7,10-14H2,(H,19,20);2,5,7-10,15-16H,1,3-4,6,11-13H2;5H,1H2,(H,3,4);1-2H2;2H,1H3;1H4;1H3;/q;;;;;;-1;+1. The maximum absolute atomic E-state index is 10.4. The molecule has 0 spiro atoms. The summed E-state index contributed by atoms with van der Waals surface area (Å²) < 4.78 is 4.50. The van der Waals surface area contributed by atoms with E-state index in [1.54, 1.807) is 0 Å². The maximum Gasteiger partial charge on any atom is 1.00 e. The zero-order valence-corrected chi connectivity index (χ0v) is 32.0. The van der Waals surface area contributed by atoms with Crippen molar-refractivity contribution in [3.05, 3.63) is 91.9 Å². The Balaban J connectivity index is -0.000000205. The summed E-state index contributed by atoms with van der Waals surface area (Å²) in [5, 5.41) is 41.5. The first-order chi connectivity index (χ1) is 22.9. The van der Waals surface area contributed by atoms with E-state index in [2.05, 4.69) is 72.5 Å². The minimum Gasteiger partial charge on any atom is -0.481 e. The van der Waals surface area contributed by atoms with Crippen LogP contribution < -0.4 is 18.9 Å². The molecule has 284 valence electrons. The number of benzene rings is 2. The van der Waals surface area contributed by atoms with E-state index in [0.29, 0.717) is 11.8 Å². The van der Waals surface area contributed by atoms with Gasteiger partial charge in [-0.3, -0.25) is 9.59 Å². The number of aliphatic carboxylic acids is 2. The molecule has 11 heteroatoms. The molecular formula is C39H67LiO8S2. The predicted octanol–water partition coefficient (Wildman–Crippen LogP) is 5.54. The van der Waals surface area contributed by atoms with Crippen LogP contribution in [0.2, 0.25) is 0 Å². The Morgan fingerprint density at radius 2 is 1.18 bits per heavy atom. The van der Waals surface area contributed by atoms with E-state index in [9.17, 15) is 14.7 Å². The van der Waals surface area contributed by atoms with Gasteiger partial charge in [0.2, 0.25) is 0 Å². The second kappa shape index (κ2) is 45.3. The van der Waals surface area contributed by atoms with Crippen molar-refractivity contribution < 1.29 is 58.7 Å². The molecule has 0 aliphatic carbocycles. The van der Waals surface area contributed by atoms with E-state index in [-0.39, 0.29) is 58.4 Å². The number of carboxylic acids is 2. The van der Waals surface area contributed by atoms with Gasteiger partial charge in [0.15, 0.2) is 0 Å². The van der Waals surface area contributed by atoms with Gasteiger partial charge < -0.3 is 37.7 Å². The number of ether oxygens (including phenoxy) is 1. The molecule has 8 nitrogen and oxygen atoms in total. The molecule has 0 radical (unpaired) electrons. The molecule has 1 aliphatic heterocycles. The molecule has 2 aromatic rings. The third kappa shape index (κ3) is 40.7. The summed E-state index contributed by atoms with van der Waals surface area (Å²) >= 11 is 4.91. The van der Waals surface area contributed by atoms with Gasteiger partial charge in [-0.15, -0.1) is 6.58 Å². The van der Waals surface area contributed by atoms with E-state index >= 15 is 0 Å². The third-order valence-corrected chi connectivity index (χ3v) is 8.16. The Hall–Kier alpha value is -1.74. The van der Waals surface area contributed by atoms with Crippen LogP contribution in [0.4, 0.5) is 0 Å². The van der Waals surface area contributed by atoms with Crippen LogP contribution in [0.25, 0.3) is 0 Å². The molecule has 0 saturated carbocycles. The minimum absolute atomic E-state index is 0. The van der Waals surface area contributed by atoms with Crippen molar-refractivity contribution in [2.24, 2.45) is 0 Å². The first-order valence-electron chi connectivity index (χ1n) is 16.5. The van der Waals surface area contributed by atoms with Crippen molar-refractivity contribution in [3.8, 4) is 0 Å². The van der Waals surface area contributed by atoms with Crippen molar-refractivity contribution in [1.82, 2.24) is 0 Å². The van der Waals surface area contributed by atoms with Crippen LogP contribution in [-0.4, -0.2) is 88.3 Å². The molecule has 1 fully saturated rings. The van der Waals surface area contributed by atoms with Gasteiger partial charge in [0, 0.05) is 20.3 Å². The van der Waals surface area contributed by atoms with E-state index in [1.165, 1.54) is 55.0 Å². The van der Waals surface area contributed by atoms with E-state index in [1.807, 2.05) is 18.2 Å². The van der Waals surface area contributed by atoms with Crippen LogP contribution >= 0.6 is 24.4 Å². The average molecular weight is 735 g/mol. The van der Waals surface area contributed by atoms with Gasteiger partial charge in [0.1, 0.15) is 0 Å². The maximum atomic E-state index is 10.4. The number of epoxide rings is 1. The summed E-state index contributed by atoms with van der Waals surface area (Å²) in [6.45, 7) is 6.25. The Bertz CT molecular complexity index is 966. The minimum atomic E-state index is -0.881. The van der Waals surface area contributed by atoms with Gasteiger partial charge in [0.05, 0.1) is 24.7 Å². The Labute approximate surface area is 326 Å². The normalized spacial score (nSPS) is 11.4. The zero-order valence-electron chi connectivity index (χ0n) is 30.3. The number of aliphatic hydroxyl groups excluding tert-OH is 3. The molecule has 1 aliphatic rings. The summed E-state index contributed by atoms with van der Waals surface area (Å²) in [6, 6.07) is 20.9. The van der Waals surface area contributed by atoms with Gasteiger partial charge in [-0.1, -0.05) is 99.8 Å². The number of carbonyl (C=O) groups is 2. The van der Waals surface area contributed by atoms with Gasteiger partial charge >= 0.3 is 30.8 Å². The van der Waals surface area contributed by atoms with Crippen molar-refractivity contribution in [2.45, 2.75) is 89.9 Å². The molecule has 2 unspecified atom stereocenters. The Morgan fingerprint density at radius 3 is 1.52 bits per heavy atom. The molecule has 1 saturated heterocycles. The van der Waals surface area contributed by atoms with Crippen LogP contribution in [0.5, 0.6) is 0 Å². The van der Waals surface area contributed by atoms with Crippen molar-refractivity contribution in [3.63, 3.8) is 0 Å². The van der Waals surface area contributed by atoms with Crippen molar-refractivity contribution in [2.75, 3.05) is 50.8 Å². The molecule has 50 heavy (non-hydrogen) atoms. The van der Waals surface area contributed by atoms with Crippen molar-refractivity contribution in [1.29, 1.82) is 0 Å². The molecule has 0 bridgehead atoms. The topological polar surface area (TPSA) is 148 Å². The smallest absolute Gasteiger partial charge is 0.481 e. The fourth-order valence-electron chi connectivity index (χ4n) is 4.50. The average Bonchev–Trinajstić information content (AvgIpc) is 3.99. The second-order valence-electron chi connectivity index (χ2n) is 10.6. The van der Waals surface area contributed by atoms with E-state index < -0.39 is 11.9 Å². The van der Waals surface area contributed by atoms with Gasteiger partial charge in [-0.25, -0.2) is 0 Å². The van der Waals surface area contributed by atoms with Crippen LogP contribution in [0.3, 0.4) is 0 Å². The first kappa shape index (κ1) is 57.6. The molecule has 2 aromatic carbocycles. The van der Waals surface area contributed by atoms with E-state index in [0.717, 1.165) is 64.6 Å². The van der Waals surface area contributed by atoms with Crippen molar-refractivity contribution >= 4 is 36.3 Å². The number of thiol groups is 1.